The van der Waals surface area contributed by atoms with Crippen molar-refractivity contribution >= 4 is 6.09 Å². The van der Waals surface area contributed by atoms with Gasteiger partial charge in [-0.2, -0.15) is 0 Å². The third-order valence-corrected chi connectivity index (χ3v) is 4.12. The first-order valence-electron chi connectivity index (χ1n) is 9.00. The van der Waals surface area contributed by atoms with Crippen molar-refractivity contribution in [2.75, 3.05) is 53.0 Å². The summed E-state index contributed by atoms with van der Waals surface area (Å²) < 4.78 is 16.5. The second-order valence-corrected chi connectivity index (χ2v) is 6.65. The Morgan fingerprint density at radius 3 is 2.60 bits per heavy atom. The minimum Gasteiger partial charge on any atom is -0.493 e. The second-order valence-electron chi connectivity index (χ2n) is 6.65. The van der Waals surface area contributed by atoms with Crippen LogP contribution in [0.2, 0.25) is 0 Å². The number of rotatable bonds is 7. The Hall–Kier alpha value is -1.95. The van der Waals surface area contributed by atoms with E-state index in [1.54, 1.807) is 7.11 Å². The number of carbonyl (C=O) groups is 1. The van der Waals surface area contributed by atoms with Gasteiger partial charge < -0.3 is 19.1 Å². The lowest BCUT2D eigenvalue weighted by atomic mass is 10.2. The topological polar surface area (TPSA) is 51.2 Å². The Kier molecular flexibility index (Phi) is 7.85. The van der Waals surface area contributed by atoms with Gasteiger partial charge in [-0.15, -0.1) is 0 Å². The van der Waals surface area contributed by atoms with Crippen LogP contribution in [0.25, 0.3) is 0 Å². The van der Waals surface area contributed by atoms with E-state index >= 15 is 0 Å². The predicted octanol–water partition coefficient (Wildman–Crippen LogP) is 2.87. The molecule has 1 aromatic carbocycles. The van der Waals surface area contributed by atoms with E-state index in [-0.39, 0.29) is 6.09 Å². The molecule has 1 saturated heterocycles. The molecule has 6 heteroatoms. The molecule has 1 aliphatic heterocycles. The minimum absolute atomic E-state index is 0.194. The molecular weight excluding hydrogens is 320 g/mol. The molecule has 0 radical (unpaired) electrons. The number of hydrogen-bond donors (Lipinski definition) is 0. The number of para-hydroxylation sites is 2. The Labute approximate surface area is 150 Å². The summed E-state index contributed by atoms with van der Waals surface area (Å²) in [5, 5.41) is 0. The largest absolute Gasteiger partial charge is 0.493 e. The van der Waals surface area contributed by atoms with Crippen LogP contribution in [0.15, 0.2) is 24.3 Å². The van der Waals surface area contributed by atoms with Gasteiger partial charge in [0.1, 0.15) is 6.61 Å². The summed E-state index contributed by atoms with van der Waals surface area (Å²) in [6.07, 6.45) is 0.756. The van der Waals surface area contributed by atoms with Crippen molar-refractivity contribution in [1.29, 1.82) is 0 Å². The predicted molar refractivity (Wildman–Crippen MR) is 97.3 cm³/mol. The van der Waals surface area contributed by atoms with E-state index in [4.69, 9.17) is 14.2 Å². The van der Waals surface area contributed by atoms with Gasteiger partial charge in [0.25, 0.3) is 0 Å². The van der Waals surface area contributed by atoms with Crippen LogP contribution in [-0.2, 0) is 4.74 Å². The molecular formula is C19H30N2O4. The fourth-order valence-electron chi connectivity index (χ4n) is 2.73. The molecule has 2 rings (SSSR count). The number of amides is 1. The lowest BCUT2D eigenvalue weighted by molar-refractivity contribution is 0.0928. The SMILES string of the molecule is COc1ccccc1OCCN1CCCN(C(=O)OCC(C)C)CC1. The quantitative estimate of drug-likeness (QED) is 0.757. The molecule has 6 nitrogen and oxygen atoms in total. The first kappa shape index (κ1) is 19.4. The van der Waals surface area contributed by atoms with E-state index in [0.29, 0.717) is 25.7 Å². The normalized spacial score (nSPS) is 15.8. The van der Waals surface area contributed by atoms with Gasteiger partial charge >= 0.3 is 6.09 Å². The van der Waals surface area contributed by atoms with E-state index in [9.17, 15) is 4.79 Å². The number of methoxy groups -OCH3 is 1. The van der Waals surface area contributed by atoms with Gasteiger partial charge in [-0.1, -0.05) is 26.0 Å². The second kappa shape index (κ2) is 10.1. The van der Waals surface area contributed by atoms with Crippen LogP contribution >= 0.6 is 0 Å². The van der Waals surface area contributed by atoms with Gasteiger partial charge in [-0.25, -0.2) is 4.79 Å². The molecule has 0 N–H and O–H groups in total. The summed E-state index contributed by atoms with van der Waals surface area (Å²) in [7, 11) is 1.64. The van der Waals surface area contributed by atoms with Gasteiger partial charge in [0.05, 0.1) is 13.7 Å². The zero-order chi connectivity index (χ0) is 18.1. The Morgan fingerprint density at radius 1 is 1.12 bits per heavy atom. The third kappa shape index (κ3) is 6.46. The summed E-state index contributed by atoms with van der Waals surface area (Å²) in [4.78, 5) is 16.2. The lowest BCUT2D eigenvalue weighted by Crippen LogP contribution is -2.37. The number of hydrogen-bond acceptors (Lipinski definition) is 5. The van der Waals surface area contributed by atoms with Gasteiger partial charge in [-0.3, -0.25) is 4.90 Å². The van der Waals surface area contributed by atoms with E-state index in [1.165, 1.54) is 0 Å². The van der Waals surface area contributed by atoms with Gasteiger partial charge in [0.15, 0.2) is 11.5 Å². The molecule has 0 atom stereocenters. The zero-order valence-electron chi connectivity index (χ0n) is 15.6. The Balaban J connectivity index is 1.73. The maximum atomic E-state index is 12.1. The van der Waals surface area contributed by atoms with Crippen LogP contribution < -0.4 is 9.47 Å². The zero-order valence-corrected chi connectivity index (χ0v) is 15.6. The molecule has 0 aromatic heterocycles. The number of ether oxygens (including phenoxy) is 3. The first-order chi connectivity index (χ1) is 12.1. The number of carbonyl (C=O) groups excluding carboxylic acids is 1. The fourth-order valence-corrected chi connectivity index (χ4v) is 2.73. The Morgan fingerprint density at radius 2 is 1.88 bits per heavy atom. The van der Waals surface area contributed by atoms with Crippen molar-refractivity contribution in [3.05, 3.63) is 24.3 Å². The summed E-state index contributed by atoms with van der Waals surface area (Å²) >= 11 is 0. The third-order valence-electron chi connectivity index (χ3n) is 4.12. The Bertz CT molecular complexity index is 536. The number of nitrogens with zero attached hydrogens (tertiary/aromatic N) is 2. The summed E-state index contributed by atoms with van der Waals surface area (Å²) in [6.45, 7) is 9.23. The van der Waals surface area contributed by atoms with E-state index in [1.807, 2.05) is 43.0 Å². The standard InChI is InChI=1S/C19H30N2O4/c1-16(2)15-25-19(22)21-10-6-9-20(11-12-21)13-14-24-18-8-5-4-7-17(18)23-3/h4-5,7-8,16H,6,9-15H2,1-3H3. The highest BCUT2D eigenvalue weighted by molar-refractivity contribution is 5.67. The lowest BCUT2D eigenvalue weighted by Gasteiger charge is -2.22. The highest BCUT2D eigenvalue weighted by Crippen LogP contribution is 2.25. The van der Waals surface area contributed by atoms with Crippen molar-refractivity contribution in [2.45, 2.75) is 20.3 Å². The summed E-state index contributed by atoms with van der Waals surface area (Å²) in [5.74, 6) is 1.87. The highest BCUT2D eigenvalue weighted by Gasteiger charge is 2.20. The molecule has 1 aromatic rings. The monoisotopic (exact) mass is 350 g/mol. The van der Waals surface area contributed by atoms with E-state index in [2.05, 4.69) is 4.90 Å². The fraction of sp³-hybridized carbons (Fsp3) is 0.632. The highest BCUT2D eigenvalue weighted by atomic mass is 16.6. The average Bonchev–Trinajstić information content (AvgIpc) is 2.86. The first-order valence-corrected chi connectivity index (χ1v) is 9.00. The smallest absolute Gasteiger partial charge is 0.409 e. The van der Waals surface area contributed by atoms with Gasteiger partial charge in [0, 0.05) is 32.7 Å². The van der Waals surface area contributed by atoms with Crippen LogP contribution in [0, 0.1) is 5.92 Å². The molecule has 1 amide bonds. The van der Waals surface area contributed by atoms with Crippen molar-refractivity contribution in [2.24, 2.45) is 5.92 Å². The van der Waals surface area contributed by atoms with Crippen LogP contribution in [0.3, 0.4) is 0 Å². The summed E-state index contributed by atoms with van der Waals surface area (Å²) in [6, 6.07) is 7.66. The molecule has 0 spiro atoms. The molecule has 25 heavy (non-hydrogen) atoms. The molecule has 0 saturated carbocycles. The minimum atomic E-state index is -0.194. The molecule has 1 aliphatic rings. The molecule has 0 unspecified atom stereocenters. The van der Waals surface area contributed by atoms with E-state index in [0.717, 1.165) is 44.1 Å². The molecule has 1 heterocycles. The van der Waals surface area contributed by atoms with Crippen LogP contribution in [0.1, 0.15) is 20.3 Å². The van der Waals surface area contributed by atoms with Crippen LogP contribution in [-0.4, -0.2) is 68.9 Å². The molecule has 1 fully saturated rings. The molecule has 0 bridgehead atoms. The van der Waals surface area contributed by atoms with E-state index < -0.39 is 0 Å². The van der Waals surface area contributed by atoms with Crippen molar-refractivity contribution in [1.82, 2.24) is 9.80 Å². The summed E-state index contributed by atoms with van der Waals surface area (Å²) in [5.41, 5.74) is 0. The number of benzene rings is 1. The van der Waals surface area contributed by atoms with Crippen molar-refractivity contribution in [3.63, 3.8) is 0 Å². The van der Waals surface area contributed by atoms with Crippen molar-refractivity contribution < 1.29 is 19.0 Å². The molecule has 0 aliphatic carbocycles. The van der Waals surface area contributed by atoms with Gasteiger partial charge in [0.2, 0.25) is 0 Å². The van der Waals surface area contributed by atoms with Crippen LogP contribution in [0.4, 0.5) is 4.79 Å². The van der Waals surface area contributed by atoms with Gasteiger partial charge in [-0.05, 0) is 24.5 Å². The van der Waals surface area contributed by atoms with Crippen molar-refractivity contribution in [3.8, 4) is 11.5 Å². The van der Waals surface area contributed by atoms with Crippen LogP contribution in [0.5, 0.6) is 11.5 Å². The molecule has 140 valence electrons. The average molecular weight is 350 g/mol. The maximum absolute atomic E-state index is 12.1. The maximum Gasteiger partial charge on any atom is 0.409 e.